The maximum atomic E-state index is 11.7. The fourth-order valence-electron chi connectivity index (χ4n) is 3.52. The van der Waals surface area contributed by atoms with Crippen molar-refractivity contribution in [3.8, 4) is 0 Å². The van der Waals surface area contributed by atoms with E-state index in [-0.39, 0.29) is 0 Å². The van der Waals surface area contributed by atoms with Gasteiger partial charge in [-0.2, -0.15) is 25.3 Å². The molecule has 2 aromatic carbocycles. The lowest BCUT2D eigenvalue weighted by molar-refractivity contribution is -0.150. The van der Waals surface area contributed by atoms with Crippen LogP contribution in [0.25, 0.3) is 0 Å². The van der Waals surface area contributed by atoms with Crippen LogP contribution in [0.4, 0.5) is 0 Å². The van der Waals surface area contributed by atoms with Crippen molar-refractivity contribution in [3.05, 3.63) is 71.3 Å². The summed E-state index contributed by atoms with van der Waals surface area (Å²) in [6.45, 7) is 0. The van der Waals surface area contributed by atoms with Crippen LogP contribution in [-0.4, -0.2) is 24.3 Å². The Balaban J connectivity index is 1.75. The molecule has 0 fully saturated rings. The molecule has 5 heteroatoms. The number of unbranched alkanes of at least 4 members (excludes halogenated alkanes) is 5. The summed E-state index contributed by atoms with van der Waals surface area (Å²) in [6.07, 6.45) is 7.76. The van der Waals surface area contributed by atoms with Gasteiger partial charge < -0.3 is 9.84 Å². The second-order valence-electron chi connectivity index (χ2n) is 7.42. The van der Waals surface area contributed by atoms with Gasteiger partial charge in [0.1, 0.15) is 4.08 Å². The fourth-order valence-corrected chi connectivity index (χ4v) is 4.16. The first-order valence-corrected chi connectivity index (χ1v) is 11.2. The number of ether oxygens (including phenoxy) is 1. The minimum atomic E-state index is -1.44. The molecule has 0 aliphatic heterocycles. The Morgan fingerprint density at radius 1 is 0.897 bits per heavy atom. The van der Waals surface area contributed by atoms with E-state index < -0.39 is 16.2 Å². The fraction of sp³-hybridized carbons (Fsp3) is 0.458. The molecular weight excluding hydrogens is 400 g/mol. The molecule has 158 valence electrons. The zero-order chi connectivity index (χ0) is 21.1. The molecule has 2 aromatic rings. The Hall–Kier alpha value is -1.43. The second-order valence-corrected chi connectivity index (χ2v) is 9.18. The van der Waals surface area contributed by atoms with Crippen LogP contribution in [0.3, 0.4) is 0 Å². The molecule has 1 atom stereocenters. The second kappa shape index (κ2) is 12.3. The molecule has 0 bridgehead atoms. The van der Waals surface area contributed by atoms with Crippen LogP contribution in [0.5, 0.6) is 0 Å². The highest BCUT2D eigenvalue weighted by Crippen LogP contribution is 2.39. The van der Waals surface area contributed by atoms with E-state index in [4.69, 9.17) is 0 Å². The highest BCUT2D eigenvalue weighted by atomic mass is 32.2. The topological polar surface area (TPSA) is 46.5 Å². The third-order valence-electron chi connectivity index (χ3n) is 5.22. The Bertz CT molecular complexity index is 747. The number of benzene rings is 2. The molecule has 1 N–H and O–H groups in total. The van der Waals surface area contributed by atoms with Crippen LogP contribution in [0.1, 0.15) is 55.2 Å². The summed E-state index contributed by atoms with van der Waals surface area (Å²) in [4.78, 5) is 11.7. The molecule has 0 aliphatic carbocycles. The number of aliphatic hydroxyl groups excluding tert-OH is 1. The van der Waals surface area contributed by atoms with Gasteiger partial charge in [-0.15, -0.1) is 0 Å². The van der Waals surface area contributed by atoms with E-state index in [0.29, 0.717) is 0 Å². The number of thiol groups is 2. The Morgan fingerprint density at radius 3 is 2.10 bits per heavy atom. The van der Waals surface area contributed by atoms with E-state index in [1.54, 1.807) is 0 Å². The molecule has 0 saturated carbocycles. The van der Waals surface area contributed by atoms with E-state index in [1.807, 2.05) is 24.3 Å². The number of methoxy groups -OCH3 is 1. The monoisotopic (exact) mass is 432 g/mol. The number of aliphatic hydroxyl groups is 1. The van der Waals surface area contributed by atoms with Gasteiger partial charge in [0, 0.05) is 0 Å². The number of hydrogen-bond acceptors (Lipinski definition) is 5. The summed E-state index contributed by atoms with van der Waals surface area (Å²) in [6, 6.07) is 18.4. The predicted molar refractivity (Wildman–Crippen MR) is 126 cm³/mol. The molecule has 0 saturated heterocycles. The SMILES string of the molecule is COC(=O)[C@H](O)C(S)(S)c1ccccc1CCCCCCCCc1ccccc1. The number of carbonyl (C=O) groups is 1. The third kappa shape index (κ3) is 7.40. The Kier molecular flexibility index (Phi) is 10.1. The summed E-state index contributed by atoms with van der Waals surface area (Å²) < 4.78 is 3.36. The van der Waals surface area contributed by atoms with Gasteiger partial charge in [-0.1, -0.05) is 80.3 Å². The molecule has 0 amide bonds. The van der Waals surface area contributed by atoms with Gasteiger partial charge in [-0.25, -0.2) is 4.79 Å². The van der Waals surface area contributed by atoms with Gasteiger partial charge in [-0.3, -0.25) is 0 Å². The number of rotatable bonds is 12. The Labute approximate surface area is 185 Å². The highest BCUT2D eigenvalue weighted by Gasteiger charge is 2.39. The van der Waals surface area contributed by atoms with Crippen LogP contribution in [0.15, 0.2) is 54.6 Å². The van der Waals surface area contributed by atoms with E-state index in [0.717, 1.165) is 36.8 Å². The van der Waals surface area contributed by atoms with Crippen molar-refractivity contribution < 1.29 is 14.6 Å². The average molecular weight is 433 g/mol. The molecule has 0 spiro atoms. The number of esters is 1. The molecular formula is C24H32O3S2. The first-order chi connectivity index (χ1) is 14.0. The van der Waals surface area contributed by atoms with Crippen LogP contribution in [-0.2, 0) is 26.5 Å². The van der Waals surface area contributed by atoms with Crippen molar-refractivity contribution in [1.82, 2.24) is 0 Å². The van der Waals surface area contributed by atoms with E-state index in [9.17, 15) is 9.90 Å². The largest absolute Gasteiger partial charge is 0.467 e. The van der Waals surface area contributed by atoms with Crippen LogP contribution >= 0.6 is 25.3 Å². The van der Waals surface area contributed by atoms with E-state index in [2.05, 4.69) is 60.3 Å². The molecule has 0 aliphatic rings. The number of carbonyl (C=O) groups excluding carboxylic acids is 1. The Morgan fingerprint density at radius 2 is 1.45 bits per heavy atom. The summed E-state index contributed by atoms with van der Waals surface area (Å²) in [5.41, 5.74) is 3.23. The van der Waals surface area contributed by atoms with E-state index >= 15 is 0 Å². The van der Waals surface area contributed by atoms with Crippen molar-refractivity contribution in [2.75, 3.05) is 7.11 Å². The zero-order valence-corrected chi connectivity index (χ0v) is 18.9. The first-order valence-electron chi connectivity index (χ1n) is 10.3. The lowest BCUT2D eigenvalue weighted by Crippen LogP contribution is -2.37. The molecule has 0 aromatic heterocycles. The van der Waals surface area contributed by atoms with Crippen LogP contribution < -0.4 is 0 Å². The zero-order valence-electron chi connectivity index (χ0n) is 17.1. The van der Waals surface area contributed by atoms with Crippen molar-refractivity contribution in [3.63, 3.8) is 0 Å². The summed E-state index contributed by atoms with van der Waals surface area (Å²) in [5, 5.41) is 10.3. The van der Waals surface area contributed by atoms with Crippen molar-refractivity contribution in [2.24, 2.45) is 0 Å². The standard InChI is InChI=1S/C24H32O3S2/c1-27-23(26)22(25)24(28,29)21-18-12-11-17-20(21)16-10-5-3-2-4-7-13-19-14-8-6-9-15-19/h6,8-9,11-12,14-15,17-18,22,25,28-29H,2-5,7,10,13,16H2,1H3/t22-/m0/s1. The first kappa shape index (κ1) is 23.8. The summed E-state index contributed by atoms with van der Waals surface area (Å²) in [5.74, 6) is -0.736. The van der Waals surface area contributed by atoms with Crippen molar-refractivity contribution in [1.29, 1.82) is 0 Å². The van der Waals surface area contributed by atoms with Gasteiger partial charge in [0.15, 0.2) is 6.10 Å². The van der Waals surface area contributed by atoms with Gasteiger partial charge in [0.2, 0.25) is 0 Å². The van der Waals surface area contributed by atoms with Gasteiger partial charge >= 0.3 is 5.97 Å². The van der Waals surface area contributed by atoms with E-state index in [1.165, 1.54) is 38.4 Å². The molecule has 3 nitrogen and oxygen atoms in total. The number of hydrogen-bond donors (Lipinski definition) is 3. The smallest absolute Gasteiger partial charge is 0.337 e. The quantitative estimate of drug-likeness (QED) is 0.183. The molecule has 2 rings (SSSR count). The summed E-state index contributed by atoms with van der Waals surface area (Å²) >= 11 is 8.96. The number of aryl methyl sites for hydroxylation is 2. The third-order valence-corrected chi connectivity index (χ3v) is 6.19. The van der Waals surface area contributed by atoms with Gasteiger partial charge in [-0.05, 0) is 42.4 Å². The highest BCUT2D eigenvalue weighted by molar-refractivity contribution is 8.00. The van der Waals surface area contributed by atoms with Crippen LogP contribution in [0, 0.1) is 0 Å². The molecule has 0 heterocycles. The normalized spacial score (nSPS) is 12.6. The molecule has 29 heavy (non-hydrogen) atoms. The van der Waals surface area contributed by atoms with Crippen LogP contribution in [0.2, 0.25) is 0 Å². The maximum Gasteiger partial charge on any atom is 0.337 e. The lowest BCUT2D eigenvalue weighted by Gasteiger charge is -2.29. The average Bonchev–Trinajstić information content (AvgIpc) is 2.75. The van der Waals surface area contributed by atoms with Gasteiger partial charge in [0.25, 0.3) is 0 Å². The van der Waals surface area contributed by atoms with Crippen molar-refractivity contribution in [2.45, 2.75) is 61.5 Å². The molecule has 0 radical (unpaired) electrons. The molecule has 0 unspecified atom stereocenters. The van der Waals surface area contributed by atoms with Crippen molar-refractivity contribution >= 4 is 31.2 Å². The lowest BCUT2D eigenvalue weighted by atomic mass is 9.95. The maximum absolute atomic E-state index is 11.7. The summed E-state index contributed by atoms with van der Waals surface area (Å²) in [7, 11) is 1.24. The minimum Gasteiger partial charge on any atom is -0.467 e. The minimum absolute atomic E-state index is 0.736. The predicted octanol–water partition coefficient (Wildman–Crippen LogP) is 5.36. The van der Waals surface area contributed by atoms with Gasteiger partial charge in [0.05, 0.1) is 7.11 Å².